The zero-order valence-electron chi connectivity index (χ0n) is 18.1. The van der Waals surface area contributed by atoms with Crippen LogP contribution >= 0.6 is 0 Å². The van der Waals surface area contributed by atoms with Gasteiger partial charge >= 0.3 is 0 Å². The Morgan fingerprint density at radius 1 is 1.20 bits per heavy atom. The summed E-state index contributed by atoms with van der Waals surface area (Å²) in [6.45, 7) is 5.87. The van der Waals surface area contributed by atoms with Crippen molar-refractivity contribution in [2.75, 3.05) is 20.2 Å². The number of methoxy groups -OCH3 is 1. The van der Waals surface area contributed by atoms with Gasteiger partial charge in [0, 0.05) is 52.0 Å². The number of nitrogens with one attached hydrogen (secondary N) is 2. The molecule has 2 aromatic rings. The van der Waals surface area contributed by atoms with Crippen molar-refractivity contribution < 1.29 is 4.74 Å². The number of rotatable bonds is 7. The Morgan fingerprint density at radius 2 is 2.13 bits per heavy atom. The van der Waals surface area contributed by atoms with Crippen molar-refractivity contribution in [1.82, 2.24) is 40.2 Å². The van der Waals surface area contributed by atoms with E-state index in [0.29, 0.717) is 13.2 Å². The lowest BCUT2D eigenvalue weighted by Gasteiger charge is -2.25. The van der Waals surface area contributed by atoms with Crippen LogP contribution in [0.2, 0.25) is 0 Å². The van der Waals surface area contributed by atoms with Crippen molar-refractivity contribution >= 4 is 5.96 Å². The largest absolute Gasteiger partial charge is 0.377 e. The predicted molar refractivity (Wildman–Crippen MR) is 113 cm³/mol. The Labute approximate surface area is 177 Å². The first kappa shape index (κ1) is 20.8. The lowest BCUT2D eigenvalue weighted by molar-refractivity contribution is 0.177. The number of hydrogen-bond acceptors (Lipinski definition) is 6. The second-order valence-corrected chi connectivity index (χ2v) is 7.94. The van der Waals surface area contributed by atoms with Gasteiger partial charge in [0.05, 0.1) is 6.54 Å². The Hall–Kier alpha value is -2.49. The first-order chi connectivity index (χ1) is 14.8. The smallest absolute Gasteiger partial charge is 0.191 e. The molecule has 0 radical (unpaired) electrons. The molecule has 0 amide bonds. The predicted octanol–water partition coefficient (Wildman–Crippen LogP) is 0.855. The van der Waals surface area contributed by atoms with E-state index < -0.39 is 0 Å². The van der Waals surface area contributed by atoms with Crippen molar-refractivity contribution in [3.63, 3.8) is 0 Å². The van der Waals surface area contributed by atoms with E-state index in [2.05, 4.69) is 42.4 Å². The first-order valence-corrected chi connectivity index (χ1v) is 11.1. The number of fused-ring (bicyclic) bond motifs is 2. The van der Waals surface area contributed by atoms with Crippen molar-refractivity contribution in [2.24, 2.45) is 4.99 Å². The highest BCUT2D eigenvalue weighted by Crippen LogP contribution is 2.15. The summed E-state index contributed by atoms with van der Waals surface area (Å²) >= 11 is 0. The average Bonchev–Trinajstić information content (AvgIpc) is 3.23. The highest BCUT2D eigenvalue weighted by molar-refractivity contribution is 5.80. The molecule has 0 fully saturated rings. The average molecular weight is 416 g/mol. The molecule has 2 N–H and O–H groups in total. The molecule has 0 saturated carbocycles. The first-order valence-electron chi connectivity index (χ1n) is 11.1. The third-order valence-electron chi connectivity index (χ3n) is 5.65. The van der Waals surface area contributed by atoms with Gasteiger partial charge < -0.3 is 19.9 Å². The van der Waals surface area contributed by atoms with Crippen molar-refractivity contribution in [1.29, 1.82) is 0 Å². The third kappa shape index (κ3) is 4.97. The van der Waals surface area contributed by atoms with Crippen LogP contribution in [0.4, 0.5) is 0 Å². The molecule has 0 spiro atoms. The number of nitrogens with zero attached hydrogens (tertiary/aromatic N) is 7. The summed E-state index contributed by atoms with van der Waals surface area (Å²) in [5.74, 6) is 4.83. The van der Waals surface area contributed by atoms with Gasteiger partial charge in [-0.3, -0.25) is 4.99 Å². The summed E-state index contributed by atoms with van der Waals surface area (Å²) in [6, 6.07) is 0.275. The molecule has 2 aliphatic rings. The molecule has 10 heteroatoms. The summed E-state index contributed by atoms with van der Waals surface area (Å²) in [7, 11) is 1.67. The van der Waals surface area contributed by atoms with Gasteiger partial charge in [0.2, 0.25) is 0 Å². The van der Waals surface area contributed by atoms with Crippen LogP contribution in [0.15, 0.2) is 4.99 Å². The van der Waals surface area contributed by atoms with Crippen LogP contribution in [-0.4, -0.2) is 61.7 Å². The standard InChI is InChI=1S/C20H33N9O/c1-3-21-20(22-11-10-19-26-25-18-7-5-4-6-12-28(18)19)23-15-8-9-17-24-16(14-30-2)27-29(17)13-15/h15H,3-14H2,1-2H3,(H2,21,22,23). The third-order valence-corrected chi connectivity index (χ3v) is 5.65. The van der Waals surface area contributed by atoms with Crippen LogP contribution < -0.4 is 10.6 Å². The maximum Gasteiger partial charge on any atom is 0.191 e. The second-order valence-electron chi connectivity index (χ2n) is 7.94. The molecule has 164 valence electrons. The SMILES string of the molecule is CCNC(=NCCc1nnc2n1CCCCC2)NC1CCc2nc(COC)nn2C1. The molecule has 4 rings (SSSR count). The zero-order chi connectivity index (χ0) is 20.8. The number of guanidine groups is 1. The van der Waals surface area contributed by atoms with Gasteiger partial charge in [-0.15, -0.1) is 10.2 Å². The molecule has 0 bridgehead atoms. The molecule has 2 aromatic heterocycles. The molecule has 0 aromatic carbocycles. The lowest BCUT2D eigenvalue weighted by atomic mass is 10.1. The minimum atomic E-state index is 0.275. The van der Waals surface area contributed by atoms with E-state index >= 15 is 0 Å². The van der Waals surface area contributed by atoms with E-state index in [1.54, 1.807) is 7.11 Å². The van der Waals surface area contributed by atoms with Crippen LogP contribution in [0.3, 0.4) is 0 Å². The second kappa shape index (κ2) is 10.0. The molecule has 30 heavy (non-hydrogen) atoms. The molecule has 0 aliphatic carbocycles. The van der Waals surface area contributed by atoms with Gasteiger partial charge in [0.15, 0.2) is 11.8 Å². The number of aromatic nitrogens is 6. The topological polar surface area (TPSA) is 107 Å². The van der Waals surface area contributed by atoms with Crippen LogP contribution in [0.1, 0.15) is 55.9 Å². The Morgan fingerprint density at radius 3 is 3.00 bits per heavy atom. The maximum atomic E-state index is 5.15. The molecular weight excluding hydrogens is 382 g/mol. The summed E-state index contributed by atoms with van der Waals surface area (Å²) in [5, 5.41) is 20.3. The van der Waals surface area contributed by atoms with Crippen molar-refractivity contribution in [3.05, 3.63) is 23.3 Å². The highest BCUT2D eigenvalue weighted by Gasteiger charge is 2.22. The van der Waals surface area contributed by atoms with Gasteiger partial charge in [0.1, 0.15) is 24.1 Å². The van der Waals surface area contributed by atoms with Crippen LogP contribution in [-0.2, 0) is 43.7 Å². The fraction of sp³-hybridized carbons (Fsp3) is 0.750. The van der Waals surface area contributed by atoms with Crippen LogP contribution in [0, 0.1) is 0 Å². The molecule has 10 nitrogen and oxygen atoms in total. The fourth-order valence-corrected chi connectivity index (χ4v) is 4.18. The molecular formula is C20H33N9O. The number of aryl methyl sites for hydroxylation is 2. The van der Waals surface area contributed by atoms with E-state index in [0.717, 1.165) is 74.6 Å². The molecule has 0 saturated heterocycles. The summed E-state index contributed by atoms with van der Waals surface area (Å²) in [6.07, 6.45) is 7.46. The number of ether oxygens (including phenoxy) is 1. The molecule has 1 atom stereocenters. The molecule has 2 aliphatic heterocycles. The Balaban J connectivity index is 1.34. The van der Waals surface area contributed by atoms with E-state index in [1.165, 1.54) is 19.3 Å². The maximum absolute atomic E-state index is 5.15. The monoisotopic (exact) mass is 415 g/mol. The Bertz CT molecular complexity index is 857. The van der Waals surface area contributed by atoms with Gasteiger partial charge in [-0.25, -0.2) is 9.67 Å². The van der Waals surface area contributed by atoms with Crippen LogP contribution in [0.25, 0.3) is 0 Å². The fourth-order valence-electron chi connectivity index (χ4n) is 4.18. The minimum Gasteiger partial charge on any atom is -0.377 e. The quantitative estimate of drug-likeness (QED) is 0.510. The van der Waals surface area contributed by atoms with Gasteiger partial charge in [-0.2, -0.15) is 5.10 Å². The van der Waals surface area contributed by atoms with Gasteiger partial charge in [-0.05, 0) is 26.2 Å². The van der Waals surface area contributed by atoms with Crippen molar-refractivity contribution in [2.45, 2.75) is 77.6 Å². The Kier molecular flexibility index (Phi) is 6.93. The number of hydrogen-bond donors (Lipinski definition) is 2. The summed E-state index contributed by atoms with van der Waals surface area (Å²) in [5.41, 5.74) is 0. The zero-order valence-corrected chi connectivity index (χ0v) is 18.1. The van der Waals surface area contributed by atoms with Gasteiger partial charge in [-0.1, -0.05) is 6.42 Å². The minimum absolute atomic E-state index is 0.275. The van der Waals surface area contributed by atoms with E-state index in [1.807, 2.05) is 4.68 Å². The van der Waals surface area contributed by atoms with Crippen molar-refractivity contribution in [3.8, 4) is 0 Å². The van der Waals surface area contributed by atoms with Crippen LogP contribution in [0.5, 0.6) is 0 Å². The molecule has 1 unspecified atom stereocenters. The van der Waals surface area contributed by atoms with E-state index in [-0.39, 0.29) is 6.04 Å². The number of aliphatic imine (C=N–C) groups is 1. The summed E-state index contributed by atoms with van der Waals surface area (Å²) in [4.78, 5) is 9.34. The lowest BCUT2D eigenvalue weighted by Crippen LogP contribution is -2.47. The van der Waals surface area contributed by atoms with Gasteiger partial charge in [0.25, 0.3) is 0 Å². The summed E-state index contributed by atoms with van der Waals surface area (Å²) < 4.78 is 9.44. The molecule has 4 heterocycles. The van der Waals surface area contributed by atoms with E-state index in [9.17, 15) is 0 Å². The highest BCUT2D eigenvalue weighted by atomic mass is 16.5. The normalized spacial score (nSPS) is 19.1. The van der Waals surface area contributed by atoms with E-state index in [4.69, 9.17) is 9.73 Å².